The highest BCUT2D eigenvalue weighted by Crippen LogP contribution is 1.97. The van der Waals surface area contributed by atoms with Gasteiger partial charge in [-0.05, 0) is 0 Å². The van der Waals surface area contributed by atoms with Crippen molar-refractivity contribution in [2.45, 2.75) is 6.92 Å². The van der Waals surface area contributed by atoms with E-state index in [9.17, 15) is 9.59 Å². The topological polar surface area (TPSA) is 76.6 Å². The lowest BCUT2D eigenvalue weighted by molar-refractivity contribution is -0.133. The molecule has 128 valence electrons. The normalized spacial score (nSPS) is 16.4. The van der Waals surface area contributed by atoms with Gasteiger partial charge in [-0.15, -0.1) is 0 Å². The molecule has 2 saturated heterocycles. The number of rotatable bonds is 2. The summed E-state index contributed by atoms with van der Waals surface area (Å²) in [6.45, 7) is 20.3. The molecule has 1 amide bonds. The number of hydrogen-bond acceptors (Lipinski definition) is 5. The fraction of sp³-hybridized carbons (Fsp3) is 0.733. The van der Waals surface area contributed by atoms with E-state index < -0.39 is 0 Å². The van der Waals surface area contributed by atoms with Crippen molar-refractivity contribution >= 4 is 11.7 Å². The number of morpholine rings is 2. The first-order valence-corrected chi connectivity index (χ1v) is 7.41. The first kappa shape index (κ1) is 21.0. The first-order chi connectivity index (χ1) is 11.1. The van der Waals surface area contributed by atoms with Gasteiger partial charge in [0.1, 0.15) is 0 Å². The molecule has 0 aromatic heterocycles. The Bertz CT molecular complexity index is 407. The Balaban J connectivity index is 0.000000344. The van der Waals surface area contributed by atoms with Crippen molar-refractivity contribution < 1.29 is 19.1 Å². The molecule has 23 heavy (non-hydrogen) atoms. The van der Waals surface area contributed by atoms with Crippen molar-refractivity contribution in [3.05, 3.63) is 22.8 Å². The monoisotopic (exact) mass is 324 g/mol. The lowest BCUT2D eigenvalue weighted by Gasteiger charge is -2.24. The van der Waals surface area contributed by atoms with Crippen molar-refractivity contribution in [1.82, 2.24) is 10.2 Å². The van der Waals surface area contributed by atoms with Crippen LogP contribution in [0.15, 0.2) is 0 Å². The zero-order chi connectivity index (χ0) is 17.3. The van der Waals surface area contributed by atoms with E-state index in [0.717, 1.165) is 26.3 Å². The van der Waals surface area contributed by atoms with Crippen molar-refractivity contribution in [2.75, 3.05) is 65.7 Å². The van der Waals surface area contributed by atoms with Gasteiger partial charge in [0.25, 0.3) is 13.1 Å². The Hall–Kier alpha value is -2.00. The van der Waals surface area contributed by atoms with Crippen LogP contribution < -0.4 is 5.32 Å². The molecule has 2 aliphatic rings. The van der Waals surface area contributed by atoms with Gasteiger partial charge in [0.15, 0.2) is 0 Å². The van der Waals surface area contributed by atoms with E-state index in [1.807, 2.05) is 0 Å². The van der Waals surface area contributed by atoms with Crippen LogP contribution in [0.25, 0.3) is 9.69 Å². The molecule has 2 aliphatic heterocycles. The van der Waals surface area contributed by atoms with Gasteiger partial charge in [0.2, 0.25) is 5.78 Å². The number of ketones is 1. The second kappa shape index (κ2) is 14.9. The maximum absolute atomic E-state index is 11.1. The Morgan fingerprint density at radius 2 is 1.52 bits per heavy atom. The molecule has 0 spiro atoms. The Labute approximate surface area is 137 Å². The van der Waals surface area contributed by atoms with Crippen LogP contribution in [0.3, 0.4) is 0 Å². The van der Waals surface area contributed by atoms with E-state index in [-0.39, 0.29) is 24.8 Å². The highest BCUT2D eigenvalue weighted by molar-refractivity contribution is 5.79. The second-order valence-electron chi connectivity index (χ2n) is 4.69. The van der Waals surface area contributed by atoms with Crippen LogP contribution in [-0.4, -0.2) is 82.3 Å². The van der Waals surface area contributed by atoms with Crippen LogP contribution >= 0.6 is 0 Å². The molecule has 0 unspecified atom stereocenters. The zero-order valence-corrected chi connectivity index (χ0v) is 13.5. The van der Waals surface area contributed by atoms with E-state index in [4.69, 9.17) is 22.6 Å². The van der Waals surface area contributed by atoms with Crippen molar-refractivity contribution in [3.8, 4) is 0 Å². The third-order valence-corrected chi connectivity index (χ3v) is 2.73. The molecule has 1 N–H and O–H groups in total. The van der Waals surface area contributed by atoms with Gasteiger partial charge in [-0.25, -0.2) is 13.1 Å². The zero-order valence-electron chi connectivity index (χ0n) is 13.5. The maximum Gasteiger partial charge on any atom is 0.302 e. The molecule has 2 heterocycles. The summed E-state index contributed by atoms with van der Waals surface area (Å²) in [4.78, 5) is 28.4. The Morgan fingerprint density at radius 3 is 1.83 bits per heavy atom. The highest BCUT2D eigenvalue weighted by Gasteiger charge is 2.17. The van der Waals surface area contributed by atoms with Crippen molar-refractivity contribution in [1.29, 1.82) is 0 Å². The minimum atomic E-state index is -0.0803. The number of carbonyl (C=O) groups is 2. The summed E-state index contributed by atoms with van der Waals surface area (Å²) in [5.74, 6) is -0.145. The number of ether oxygens (including phenoxy) is 2. The van der Waals surface area contributed by atoms with Crippen LogP contribution in [-0.2, 0) is 19.1 Å². The molecule has 0 bridgehead atoms. The van der Waals surface area contributed by atoms with Crippen LogP contribution in [0.2, 0.25) is 0 Å². The summed E-state index contributed by atoms with van der Waals surface area (Å²) in [6.07, 6.45) is 0. The third-order valence-electron chi connectivity index (χ3n) is 2.73. The van der Waals surface area contributed by atoms with E-state index >= 15 is 0 Å². The standard InChI is InChI=1S/C7H10N2O2.C4H9NO.C4H5NO/c1-8-6-7(10)9-2-4-11-5-3-9;1-3-6-4-2-5-1;1-4(6)3-5-2/h2-6H2;5H,1-4H2;3H2,1H3. The molecule has 0 aromatic rings. The minimum absolute atomic E-state index is 0.0278. The summed E-state index contributed by atoms with van der Waals surface area (Å²) in [6, 6.07) is 0. The first-order valence-electron chi connectivity index (χ1n) is 7.41. The summed E-state index contributed by atoms with van der Waals surface area (Å²) in [5.41, 5.74) is 0. The van der Waals surface area contributed by atoms with Crippen LogP contribution in [0.5, 0.6) is 0 Å². The van der Waals surface area contributed by atoms with Gasteiger partial charge >= 0.3 is 5.91 Å². The van der Waals surface area contributed by atoms with Gasteiger partial charge in [-0.1, -0.05) is 0 Å². The molecule has 8 heteroatoms. The van der Waals surface area contributed by atoms with Gasteiger partial charge in [-0.3, -0.25) is 9.59 Å². The lowest BCUT2D eigenvalue weighted by atomic mass is 10.4. The molecule has 0 aromatic carbocycles. The van der Waals surface area contributed by atoms with E-state index in [2.05, 4.69) is 15.0 Å². The van der Waals surface area contributed by atoms with E-state index in [0.29, 0.717) is 26.3 Å². The molecular formula is C15H24N4O4. The lowest BCUT2D eigenvalue weighted by Crippen LogP contribution is -2.41. The molecule has 0 saturated carbocycles. The summed E-state index contributed by atoms with van der Waals surface area (Å²) >= 11 is 0. The smallest absolute Gasteiger partial charge is 0.302 e. The molecule has 2 rings (SSSR count). The Morgan fingerprint density at radius 1 is 1.00 bits per heavy atom. The maximum atomic E-state index is 11.1. The molecule has 0 aliphatic carbocycles. The van der Waals surface area contributed by atoms with Crippen molar-refractivity contribution in [3.63, 3.8) is 0 Å². The third kappa shape index (κ3) is 13.4. The van der Waals surface area contributed by atoms with E-state index in [1.54, 1.807) is 4.90 Å². The number of amides is 1. The molecule has 2 fully saturated rings. The highest BCUT2D eigenvalue weighted by atomic mass is 16.5. The largest absolute Gasteiger partial charge is 0.379 e. The average Bonchev–Trinajstić information content (AvgIpc) is 2.58. The van der Waals surface area contributed by atoms with Gasteiger partial charge in [-0.2, -0.15) is 0 Å². The number of Topliss-reactive ketones (excluding diaryl/α,β-unsaturated/α-hetero) is 1. The molecule has 8 nitrogen and oxygen atoms in total. The SMILES string of the molecule is C1COCCN1.[C-]#[N+]CC(=O)N1CCOCC1.[C-]#[N+]CC(C)=O. The van der Waals surface area contributed by atoms with Crippen LogP contribution in [0.1, 0.15) is 6.92 Å². The molecular weight excluding hydrogens is 300 g/mol. The summed E-state index contributed by atoms with van der Waals surface area (Å²) in [5, 5.41) is 3.16. The number of nitrogens with zero attached hydrogens (tertiary/aromatic N) is 3. The Kier molecular flexibility index (Phi) is 13.6. The number of carbonyl (C=O) groups excluding carboxylic acids is 2. The van der Waals surface area contributed by atoms with Gasteiger partial charge in [0, 0.05) is 33.1 Å². The predicted molar refractivity (Wildman–Crippen MR) is 84.7 cm³/mol. The fourth-order valence-electron chi connectivity index (χ4n) is 1.61. The second-order valence-corrected chi connectivity index (χ2v) is 4.69. The van der Waals surface area contributed by atoms with E-state index in [1.165, 1.54) is 6.92 Å². The van der Waals surface area contributed by atoms with Gasteiger partial charge in [0.05, 0.1) is 26.4 Å². The van der Waals surface area contributed by atoms with Crippen LogP contribution in [0, 0.1) is 13.1 Å². The fourth-order valence-corrected chi connectivity index (χ4v) is 1.61. The average molecular weight is 324 g/mol. The predicted octanol–water partition coefficient (Wildman–Crippen LogP) is -0.135. The quantitative estimate of drug-likeness (QED) is 0.716. The summed E-state index contributed by atoms with van der Waals surface area (Å²) in [7, 11) is 0. The van der Waals surface area contributed by atoms with Crippen LogP contribution in [0.4, 0.5) is 0 Å². The molecule has 0 atom stereocenters. The number of nitrogens with one attached hydrogen (secondary N) is 1. The number of hydrogen-bond donors (Lipinski definition) is 1. The van der Waals surface area contributed by atoms with Gasteiger partial charge < -0.3 is 29.4 Å². The van der Waals surface area contributed by atoms with Crippen molar-refractivity contribution in [2.24, 2.45) is 0 Å². The summed E-state index contributed by atoms with van der Waals surface area (Å²) < 4.78 is 10.1. The minimum Gasteiger partial charge on any atom is -0.379 e. The molecule has 0 radical (unpaired) electrons.